The Labute approximate surface area is 101 Å². The lowest BCUT2D eigenvalue weighted by Crippen LogP contribution is -1.98. The molecule has 1 aromatic carbocycles. The second-order valence-electron chi connectivity index (χ2n) is 3.72. The van der Waals surface area contributed by atoms with E-state index in [4.69, 9.17) is 0 Å². The van der Waals surface area contributed by atoms with Crippen LogP contribution in [0.25, 0.3) is 0 Å². The molecule has 2 rings (SSSR count). The standard InChI is InChI=1S/C12H8F2N2O2/c13-10-2-1-9(12(5-10)16(17)18)3-8-4-11(14)7-15-6-8/h1-2,4-7H,3H2. The lowest BCUT2D eigenvalue weighted by Gasteiger charge is -2.03. The predicted octanol–water partition coefficient (Wildman–Crippen LogP) is 2.86. The van der Waals surface area contributed by atoms with Crippen LogP contribution >= 0.6 is 0 Å². The summed E-state index contributed by atoms with van der Waals surface area (Å²) in [6.45, 7) is 0. The average Bonchev–Trinajstić information content (AvgIpc) is 2.31. The number of benzene rings is 1. The molecule has 0 unspecified atom stereocenters. The molecule has 0 atom stereocenters. The van der Waals surface area contributed by atoms with Crippen molar-refractivity contribution in [1.82, 2.24) is 4.98 Å². The minimum atomic E-state index is -0.678. The Kier molecular flexibility index (Phi) is 3.27. The Bertz CT molecular complexity index is 602. The van der Waals surface area contributed by atoms with Gasteiger partial charge in [0.2, 0.25) is 0 Å². The summed E-state index contributed by atoms with van der Waals surface area (Å²) in [6.07, 6.45) is 2.58. The number of hydrogen-bond donors (Lipinski definition) is 0. The first kappa shape index (κ1) is 12.1. The van der Waals surface area contributed by atoms with Gasteiger partial charge in [0.05, 0.1) is 17.2 Å². The molecule has 0 aliphatic carbocycles. The summed E-state index contributed by atoms with van der Waals surface area (Å²) in [5.41, 5.74) is 0.484. The second-order valence-corrected chi connectivity index (χ2v) is 3.72. The topological polar surface area (TPSA) is 56.0 Å². The van der Waals surface area contributed by atoms with Crippen LogP contribution in [-0.4, -0.2) is 9.91 Å². The van der Waals surface area contributed by atoms with Crippen molar-refractivity contribution < 1.29 is 13.7 Å². The van der Waals surface area contributed by atoms with Crippen LogP contribution in [0.3, 0.4) is 0 Å². The van der Waals surface area contributed by atoms with Gasteiger partial charge in [0, 0.05) is 18.2 Å². The Morgan fingerprint density at radius 2 is 1.94 bits per heavy atom. The molecule has 0 aliphatic heterocycles. The van der Waals surface area contributed by atoms with Crippen LogP contribution in [0.1, 0.15) is 11.1 Å². The van der Waals surface area contributed by atoms with Crippen LogP contribution in [-0.2, 0) is 6.42 Å². The van der Waals surface area contributed by atoms with E-state index in [9.17, 15) is 18.9 Å². The Hall–Kier alpha value is -2.37. The highest BCUT2D eigenvalue weighted by atomic mass is 19.1. The fraction of sp³-hybridized carbons (Fsp3) is 0.0833. The summed E-state index contributed by atoms with van der Waals surface area (Å²) in [7, 11) is 0. The van der Waals surface area contributed by atoms with Gasteiger partial charge in [-0.15, -0.1) is 0 Å². The van der Waals surface area contributed by atoms with Crippen LogP contribution in [0, 0.1) is 21.7 Å². The number of nitro benzene ring substituents is 1. The molecule has 0 aliphatic rings. The first-order chi connectivity index (χ1) is 8.56. The van der Waals surface area contributed by atoms with E-state index in [1.807, 2.05) is 0 Å². The molecule has 6 heteroatoms. The maximum Gasteiger partial charge on any atom is 0.275 e. The molecule has 1 aromatic heterocycles. The molecule has 0 saturated heterocycles. The molecule has 1 heterocycles. The van der Waals surface area contributed by atoms with Crippen LogP contribution in [0.5, 0.6) is 0 Å². The summed E-state index contributed by atoms with van der Waals surface area (Å²) < 4.78 is 25.9. The van der Waals surface area contributed by atoms with E-state index in [-0.39, 0.29) is 12.1 Å². The van der Waals surface area contributed by atoms with E-state index in [1.54, 1.807) is 0 Å². The Morgan fingerprint density at radius 3 is 2.61 bits per heavy atom. The highest BCUT2D eigenvalue weighted by Gasteiger charge is 2.15. The highest BCUT2D eigenvalue weighted by Crippen LogP contribution is 2.22. The van der Waals surface area contributed by atoms with E-state index in [0.717, 1.165) is 18.3 Å². The van der Waals surface area contributed by atoms with Crippen molar-refractivity contribution in [1.29, 1.82) is 0 Å². The van der Waals surface area contributed by atoms with Gasteiger partial charge in [-0.2, -0.15) is 0 Å². The normalized spacial score (nSPS) is 10.3. The number of nitro groups is 1. The number of hydrogen-bond acceptors (Lipinski definition) is 3. The molecular weight excluding hydrogens is 242 g/mol. The molecule has 18 heavy (non-hydrogen) atoms. The van der Waals surface area contributed by atoms with Crippen molar-refractivity contribution in [3.05, 3.63) is 69.5 Å². The summed E-state index contributed by atoms with van der Waals surface area (Å²) >= 11 is 0. The quantitative estimate of drug-likeness (QED) is 0.621. The zero-order valence-electron chi connectivity index (χ0n) is 9.14. The van der Waals surface area contributed by atoms with Crippen LogP contribution in [0.4, 0.5) is 14.5 Å². The number of rotatable bonds is 3. The predicted molar refractivity (Wildman–Crippen MR) is 60.1 cm³/mol. The largest absolute Gasteiger partial charge is 0.275 e. The monoisotopic (exact) mass is 250 g/mol. The van der Waals surface area contributed by atoms with E-state index in [2.05, 4.69) is 4.98 Å². The van der Waals surface area contributed by atoms with Crippen molar-refractivity contribution in [2.45, 2.75) is 6.42 Å². The first-order valence-corrected chi connectivity index (χ1v) is 5.08. The second kappa shape index (κ2) is 4.87. The third kappa shape index (κ3) is 2.65. The summed E-state index contributed by atoms with van der Waals surface area (Å²) in [6, 6.07) is 4.54. The maximum atomic E-state index is 12.9. The Morgan fingerprint density at radius 1 is 1.17 bits per heavy atom. The van der Waals surface area contributed by atoms with Crippen molar-refractivity contribution in [2.75, 3.05) is 0 Å². The van der Waals surface area contributed by atoms with Gasteiger partial charge in [0.25, 0.3) is 5.69 Å². The van der Waals surface area contributed by atoms with E-state index >= 15 is 0 Å². The van der Waals surface area contributed by atoms with Gasteiger partial charge in [0.15, 0.2) is 0 Å². The molecule has 0 N–H and O–H groups in total. The fourth-order valence-corrected chi connectivity index (χ4v) is 1.63. The van der Waals surface area contributed by atoms with Gasteiger partial charge in [-0.3, -0.25) is 15.1 Å². The molecule has 2 aromatic rings. The van der Waals surface area contributed by atoms with Crippen LogP contribution < -0.4 is 0 Å². The van der Waals surface area contributed by atoms with Crippen LogP contribution in [0.2, 0.25) is 0 Å². The highest BCUT2D eigenvalue weighted by molar-refractivity contribution is 5.43. The van der Waals surface area contributed by atoms with E-state index in [1.165, 1.54) is 18.3 Å². The first-order valence-electron chi connectivity index (χ1n) is 5.08. The van der Waals surface area contributed by atoms with Gasteiger partial charge in [-0.05, 0) is 23.8 Å². The van der Waals surface area contributed by atoms with Gasteiger partial charge >= 0.3 is 0 Å². The minimum absolute atomic E-state index is 0.126. The van der Waals surface area contributed by atoms with Gasteiger partial charge < -0.3 is 0 Å². The summed E-state index contributed by atoms with van der Waals surface area (Å²) in [5, 5.41) is 10.8. The summed E-state index contributed by atoms with van der Waals surface area (Å²) in [5.74, 6) is -1.19. The lowest BCUT2D eigenvalue weighted by molar-refractivity contribution is -0.385. The van der Waals surface area contributed by atoms with Crippen LogP contribution in [0.15, 0.2) is 36.7 Å². The third-order valence-electron chi connectivity index (χ3n) is 2.40. The van der Waals surface area contributed by atoms with Gasteiger partial charge in [-0.25, -0.2) is 8.78 Å². The van der Waals surface area contributed by atoms with Gasteiger partial charge in [-0.1, -0.05) is 0 Å². The van der Waals surface area contributed by atoms with Crippen molar-refractivity contribution >= 4 is 5.69 Å². The number of pyridine rings is 1. The van der Waals surface area contributed by atoms with Crippen molar-refractivity contribution in [3.63, 3.8) is 0 Å². The zero-order chi connectivity index (χ0) is 13.1. The molecule has 0 saturated carbocycles. The van der Waals surface area contributed by atoms with Gasteiger partial charge in [0.1, 0.15) is 11.6 Å². The molecule has 0 spiro atoms. The maximum absolute atomic E-state index is 12.9. The van der Waals surface area contributed by atoms with E-state index in [0.29, 0.717) is 11.1 Å². The molecule has 92 valence electrons. The minimum Gasteiger partial charge on any atom is -0.261 e. The molecule has 0 radical (unpaired) electrons. The zero-order valence-corrected chi connectivity index (χ0v) is 9.14. The Balaban J connectivity index is 2.37. The van der Waals surface area contributed by atoms with Crippen molar-refractivity contribution in [2.24, 2.45) is 0 Å². The molecule has 0 amide bonds. The molecule has 0 bridgehead atoms. The fourth-order valence-electron chi connectivity index (χ4n) is 1.63. The molecular formula is C12H8F2N2O2. The van der Waals surface area contributed by atoms with Crippen molar-refractivity contribution in [3.8, 4) is 0 Å². The number of aromatic nitrogens is 1. The molecule has 0 fully saturated rings. The lowest BCUT2D eigenvalue weighted by atomic mass is 10.0. The average molecular weight is 250 g/mol. The van der Waals surface area contributed by atoms with E-state index < -0.39 is 16.6 Å². The number of halogens is 2. The third-order valence-corrected chi connectivity index (χ3v) is 2.40. The smallest absolute Gasteiger partial charge is 0.261 e. The SMILES string of the molecule is O=[N+]([O-])c1cc(F)ccc1Cc1cncc(F)c1. The summed E-state index contributed by atoms with van der Waals surface area (Å²) in [4.78, 5) is 13.8. The molecule has 4 nitrogen and oxygen atoms in total. The number of nitrogens with zero attached hydrogens (tertiary/aromatic N) is 2.